The molecule has 0 saturated heterocycles. The van der Waals surface area contributed by atoms with Gasteiger partial charge in [0, 0.05) is 0 Å². The topological polar surface area (TPSA) is 26.3 Å². The molecule has 0 spiro atoms. The van der Waals surface area contributed by atoms with E-state index in [1.54, 1.807) is 6.07 Å². The normalized spacial score (nSPS) is 17.2. The zero-order valence-electron chi connectivity index (χ0n) is 19.5. The van der Waals surface area contributed by atoms with E-state index in [0.717, 1.165) is 16.7 Å². The highest BCUT2D eigenvalue weighted by Crippen LogP contribution is 2.47. The number of ether oxygens (including phenoxy) is 1. The van der Waals surface area contributed by atoms with Crippen molar-refractivity contribution in [2.45, 2.75) is 65.2 Å². The summed E-state index contributed by atoms with van der Waals surface area (Å²) in [7, 11) is 1.41. The zero-order valence-corrected chi connectivity index (χ0v) is 19.5. The Balaban J connectivity index is 2.06. The SMILES string of the molecule is C=C(/C=C(\C)c1cc2c(cc1C)C(C)(C)CCC2(C)C)c1ccccc1C(=O)OC. The Morgan fingerprint density at radius 1 is 0.967 bits per heavy atom. The molecule has 0 radical (unpaired) electrons. The van der Waals surface area contributed by atoms with Gasteiger partial charge in [0.25, 0.3) is 0 Å². The minimum atomic E-state index is -0.341. The smallest absolute Gasteiger partial charge is 0.338 e. The van der Waals surface area contributed by atoms with E-state index in [1.807, 2.05) is 18.2 Å². The Morgan fingerprint density at radius 3 is 2.07 bits per heavy atom. The Morgan fingerprint density at radius 2 is 1.50 bits per heavy atom. The molecule has 2 aromatic carbocycles. The molecule has 2 aromatic rings. The van der Waals surface area contributed by atoms with E-state index in [0.29, 0.717) is 5.56 Å². The van der Waals surface area contributed by atoms with Gasteiger partial charge >= 0.3 is 5.97 Å². The number of methoxy groups -OCH3 is 1. The van der Waals surface area contributed by atoms with Crippen molar-refractivity contribution in [3.05, 3.63) is 82.4 Å². The molecule has 0 heterocycles. The van der Waals surface area contributed by atoms with Crippen molar-refractivity contribution in [3.63, 3.8) is 0 Å². The third kappa shape index (κ3) is 4.01. The molecule has 0 bridgehead atoms. The standard InChI is InChI=1S/C28H34O2/c1-18(21-11-9-10-12-22(21)26(29)30-8)15-19(2)23-17-25-24(16-20(23)3)27(4,5)13-14-28(25,6)7/h9-12,15-17H,1,13-14H2,2-8H3/b19-15+. The van der Waals surface area contributed by atoms with Crippen molar-refractivity contribution in [1.82, 2.24) is 0 Å². The van der Waals surface area contributed by atoms with Gasteiger partial charge in [-0.2, -0.15) is 0 Å². The lowest BCUT2D eigenvalue weighted by molar-refractivity contribution is 0.0600. The summed E-state index contributed by atoms with van der Waals surface area (Å²) in [5, 5.41) is 0. The van der Waals surface area contributed by atoms with Crippen LogP contribution >= 0.6 is 0 Å². The summed E-state index contributed by atoms with van der Waals surface area (Å²) in [6, 6.07) is 12.2. The van der Waals surface area contributed by atoms with E-state index in [1.165, 1.54) is 42.2 Å². The fourth-order valence-corrected chi connectivity index (χ4v) is 4.61. The van der Waals surface area contributed by atoms with E-state index in [2.05, 4.69) is 66.3 Å². The number of hydrogen-bond acceptors (Lipinski definition) is 2. The van der Waals surface area contributed by atoms with Crippen LogP contribution in [-0.4, -0.2) is 13.1 Å². The van der Waals surface area contributed by atoms with Gasteiger partial charge in [0.1, 0.15) is 0 Å². The van der Waals surface area contributed by atoms with Gasteiger partial charge in [-0.3, -0.25) is 0 Å². The van der Waals surface area contributed by atoms with Crippen molar-refractivity contribution in [2.75, 3.05) is 7.11 Å². The number of benzene rings is 2. The predicted molar refractivity (Wildman–Crippen MR) is 127 cm³/mol. The predicted octanol–water partition coefficient (Wildman–Crippen LogP) is 7.25. The van der Waals surface area contributed by atoms with Crippen molar-refractivity contribution in [2.24, 2.45) is 0 Å². The van der Waals surface area contributed by atoms with Crippen LogP contribution in [0.3, 0.4) is 0 Å². The van der Waals surface area contributed by atoms with Gasteiger partial charge in [-0.25, -0.2) is 4.79 Å². The first-order valence-corrected chi connectivity index (χ1v) is 10.7. The second-order valence-corrected chi connectivity index (χ2v) is 9.87. The molecule has 2 heteroatoms. The summed E-state index contributed by atoms with van der Waals surface area (Å²) < 4.78 is 4.94. The third-order valence-electron chi connectivity index (χ3n) is 6.69. The lowest BCUT2D eigenvalue weighted by Gasteiger charge is -2.42. The number of esters is 1. The molecule has 0 fully saturated rings. The minimum absolute atomic E-state index is 0.169. The highest BCUT2D eigenvalue weighted by molar-refractivity contribution is 5.97. The van der Waals surface area contributed by atoms with Crippen LogP contribution in [0.25, 0.3) is 11.1 Å². The number of rotatable bonds is 4. The van der Waals surface area contributed by atoms with E-state index in [-0.39, 0.29) is 16.8 Å². The molecule has 158 valence electrons. The van der Waals surface area contributed by atoms with Crippen LogP contribution in [0.5, 0.6) is 0 Å². The maximum absolute atomic E-state index is 12.2. The summed E-state index contributed by atoms with van der Waals surface area (Å²) in [4.78, 5) is 12.2. The molecule has 2 nitrogen and oxygen atoms in total. The second-order valence-electron chi connectivity index (χ2n) is 9.87. The molecule has 1 aliphatic carbocycles. The first-order chi connectivity index (χ1) is 14.0. The van der Waals surface area contributed by atoms with Crippen molar-refractivity contribution in [1.29, 1.82) is 0 Å². The average Bonchev–Trinajstić information content (AvgIpc) is 2.70. The van der Waals surface area contributed by atoms with Crippen molar-refractivity contribution < 1.29 is 9.53 Å². The maximum atomic E-state index is 12.2. The molecular weight excluding hydrogens is 368 g/mol. The molecule has 0 aromatic heterocycles. The Bertz CT molecular complexity index is 1030. The minimum Gasteiger partial charge on any atom is -0.465 e. The molecule has 0 atom stereocenters. The van der Waals surface area contributed by atoms with Crippen LogP contribution in [0.1, 0.15) is 85.6 Å². The van der Waals surface area contributed by atoms with Crippen LogP contribution in [0.4, 0.5) is 0 Å². The fraction of sp³-hybridized carbons (Fsp3) is 0.393. The second kappa shape index (κ2) is 7.91. The molecule has 0 aliphatic heterocycles. The number of fused-ring (bicyclic) bond motifs is 1. The first-order valence-electron chi connectivity index (χ1n) is 10.7. The molecule has 0 N–H and O–H groups in total. The van der Waals surface area contributed by atoms with E-state index in [4.69, 9.17) is 4.74 Å². The van der Waals surface area contributed by atoms with Crippen LogP contribution < -0.4 is 0 Å². The number of carbonyl (C=O) groups excluding carboxylic acids is 1. The summed E-state index contributed by atoms with van der Waals surface area (Å²) >= 11 is 0. The Labute approximate surface area is 181 Å². The van der Waals surface area contributed by atoms with Gasteiger partial charge in [0.2, 0.25) is 0 Å². The monoisotopic (exact) mass is 402 g/mol. The van der Waals surface area contributed by atoms with Crippen molar-refractivity contribution in [3.8, 4) is 0 Å². The van der Waals surface area contributed by atoms with Gasteiger partial charge in [-0.05, 0) is 82.5 Å². The fourth-order valence-electron chi connectivity index (χ4n) is 4.61. The molecular formula is C28H34O2. The van der Waals surface area contributed by atoms with Gasteiger partial charge in [-0.15, -0.1) is 0 Å². The quantitative estimate of drug-likeness (QED) is 0.398. The Kier molecular flexibility index (Phi) is 5.82. The van der Waals surface area contributed by atoms with E-state index in [9.17, 15) is 4.79 Å². The highest BCUT2D eigenvalue weighted by atomic mass is 16.5. The first kappa shape index (κ1) is 22.1. The van der Waals surface area contributed by atoms with Gasteiger partial charge in [-0.1, -0.05) is 70.7 Å². The number of hydrogen-bond donors (Lipinski definition) is 0. The Hall–Kier alpha value is -2.61. The van der Waals surface area contributed by atoms with E-state index < -0.39 is 0 Å². The van der Waals surface area contributed by atoms with Gasteiger partial charge in [0.05, 0.1) is 12.7 Å². The molecule has 30 heavy (non-hydrogen) atoms. The summed E-state index contributed by atoms with van der Waals surface area (Å²) in [6.07, 6.45) is 4.48. The summed E-state index contributed by atoms with van der Waals surface area (Å²) in [6.45, 7) is 18.0. The summed E-state index contributed by atoms with van der Waals surface area (Å²) in [5.74, 6) is -0.341. The largest absolute Gasteiger partial charge is 0.465 e. The van der Waals surface area contributed by atoms with Gasteiger partial charge < -0.3 is 4.74 Å². The third-order valence-corrected chi connectivity index (χ3v) is 6.69. The van der Waals surface area contributed by atoms with Crippen LogP contribution in [-0.2, 0) is 15.6 Å². The molecule has 0 amide bonds. The lowest BCUT2D eigenvalue weighted by atomic mass is 9.62. The number of aryl methyl sites for hydroxylation is 1. The van der Waals surface area contributed by atoms with Crippen molar-refractivity contribution >= 4 is 17.1 Å². The molecule has 0 unspecified atom stereocenters. The van der Waals surface area contributed by atoms with Gasteiger partial charge in [0.15, 0.2) is 0 Å². The van der Waals surface area contributed by atoms with Crippen LogP contribution in [0.15, 0.2) is 49.1 Å². The molecule has 3 rings (SSSR count). The highest BCUT2D eigenvalue weighted by Gasteiger charge is 2.37. The van der Waals surface area contributed by atoms with Crippen LogP contribution in [0.2, 0.25) is 0 Å². The number of carbonyl (C=O) groups is 1. The van der Waals surface area contributed by atoms with Crippen LogP contribution in [0, 0.1) is 6.92 Å². The molecule has 0 saturated carbocycles. The average molecular weight is 403 g/mol. The lowest BCUT2D eigenvalue weighted by Crippen LogP contribution is -2.34. The van der Waals surface area contributed by atoms with E-state index >= 15 is 0 Å². The molecule has 1 aliphatic rings. The zero-order chi connectivity index (χ0) is 22.3. The maximum Gasteiger partial charge on any atom is 0.338 e. The summed E-state index contributed by atoms with van der Waals surface area (Å²) in [5.41, 5.74) is 9.13. The number of allylic oxidation sites excluding steroid dienone is 3.